The summed E-state index contributed by atoms with van der Waals surface area (Å²) in [6.45, 7) is 0.502. The van der Waals surface area contributed by atoms with E-state index in [2.05, 4.69) is 15.3 Å². The molecule has 14 nitrogen and oxygen atoms in total. The van der Waals surface area contributed by atoms with Crippen LogP contribution >= 0.6 is 0 Å². The van der Waals surface area contributed by atoms with Gasteiger partial charge in [-0.25, -0.2) is 4.79 Å². The number of fused-ring (bicyclic) bond motifs is 1. The zero-order valence-corrected chi connectivity index (χ0v) is 26.8. The Balaban J connectivity index is 0.000000872. The Morgan fingerprint density at radius 1 is 1.00 bits per heavy atom. The average Bonchev–Trinajstić information content (AvgIpc) is 3.07. The first-order valence-electron chi connectivity index (χ1n) is 15.2. The van der Waals surface area contributed by atoms with Gasteiger partial charge in [-0.15, -0.1) is 0 Å². The lowest BCUT2D eigenvalue weighted by Gasteiger charge is -2.38. The molecule has 0 saturated carbocycles. The zero-order chi connectivity index (χ0) is 37.0. The molecule has 1 aliphatic heterocycles. The highest BCUT2D eigenvalue weighted by molar-refractivity contribution is 5.95. The molecule has 1 aliphatic rings. The molecule has 0 aliphatic carbocycles. The summed E-state index contributed by atoms with van der Waals surface area (Å²) in [7, 11) is 0. The van der Waals surface area contributed by atoms with Crippen LogP contribution in [0.2, 0.25) is 0 Å². The van der Waals surface area contributed by atoms with Crippen LogP contribution in [0.15, 0.2) is 78.0 Å². The molecule has 3 aromatic rings. The van der Waals surface area contributed by atoms with Crippen molar-refractivity contribution in [2.45, 2.75) is 56.4 Å². The fraction of sp³-hybridized carbons (Fsp3) is 0.303. The number of nitrogens with one attached hydrogen (secondary N) is 2. The molecule has 0 spiro atoms. The monoisotopic (exact) mass is 697 g/mol. The number of nitrogens with zero attached hydrogens (tertiary/aromatic N) is 3. The Bertz CT molecular complexity index is 1700. The number of alkyl halides is 3. The number of carbonyl (C=O) groups excluding carboxylic acids is 3. The summed E-state index contributed by atoms with van der Waals surface area (Å²) in [6, 6.07) is 16.6. The number of guanidine groups is 1. The zero-order valence-electron chi connectivity index (χ0n) is 26.8. The van der Waals surface area contributed by atoms with Gasteiger partial charge in [0.1, 0.15) is 17.9 Å². The number of aliphatic carboxylic acids is 1. The van der Waals surface area contributed by atoms with Crippen LogP contribution in [0.4, 0.5) is 13.2 Å². The minimum absolute atomic E-state index is 0.0437. The van der Waals surface area contributed by atoms with Gasteiger partial charge in [-0.1, -0.05) is 54.6 Å². The molecule has 0 fully saturated rings. The van der Waals surface area contributed by atoms with E-state index in [4.69, 9.17) is 38.2 Å². The smallest absolute Gasteiger partial charge is 0.475 e. The second-order valence-electron chi connectivity index (χ2n) is 11.3. The number of primary amides is 1. The number of carboxylic acid groups (broad SMARTS) is 1. The van der Waals surface area contributed by atoms with E-state index >= 15 is 0 Å². The van der Waals surface area contributed by atoms with Crippen molar-refractivity contribution in [3.63, 3.8) is 0 Å². The Morgan fingerprint density at radius 2 is 1.64 bits per heavy atom. The minimum atomic E-state index is -5.08. The average molecular weight is 698 g/mol. The summed E-state index contributed by atoms with van der Waals surface area (Å²) in [5.74, 6) is -4.91. The number of carboxylic acids is 1. The summed E-state index contributed by atoms with van der Waals surface area (Å²) in [4.78, 5) is 59.1. The molecule has 11 N–H and O–H groups in total. The van der Waals surface area contributed by atoms with E-state index < -0.39 is 42.0 Å². The van der Waals surface area contributed by atoms with E-state index in [1.807, 2.05) is 42.5 Å². The van der Waals surface area contributed by atoms with Crippen molar-refractivity contribution < 1.29 is 37.5 Å². The molecule has 3 amide bonds. The molecule has 1 aromatic heterocycles. The van der Waals surface area contributed by atoms with Gasteiger partial charge in [0.25, 0.3) is 0 Å². The van der Waals surface area contributed by atoms with E-state index in [0.29, 0.717) is 24.0 Å². The van der Waals surface area contributed by atoms with E-state index in [1.54, 1.807) is 35.5 Å². The first-order valence-corrected chi connectivity index (χ1v) is 15.2. The second-order valence-corrected chi connectivity index (χ2v) is 11.3. The molecule has 2 aromatic carbocycles. The Kier molecular flexibility index (Phi) is 13.4. The minimum Gasteiger partial charge on any atom is -0.475 e. The fourth-order valence-corrected chi connectivity index (χ4v) is 5.23. The number of amides is 3. The molecule has 3 atom stereocenters. The van der Waals surface area contributed by atoms with E-state index in [-0.39, 0.29) is 43.6 Å². The number of carbonyl (C=O) groups is 4. The van der Waals surface area contributed by atoms with Gasteiger partial charge in [0.15, 0.2) is 5.96 Å². The number of amidine groups is 1. The van der Waals surface area contributed by atoms with Crippen molar-refractivity contribution in [1.82, 2.24) is 15.2 Å². The van der Waals surface area contributed by atoms with Crippen molar-refractivity contribution in [2.24, 2.45) is 27.9 Å². The van der Waals surface area contributed by atoms with Gasteiger partial charge in [-0.3, -0.25) is 29.8 Å². The highest BCUT2D eigenvalue weighted by Gasteiger charge is 2.39. The highest BCUT2D eigenvalue weighted by Crippen LogP contribution is 2.30. The number of hydrogen-bond donors (Lipinski definition) is 7. The number of aliphatic imine (C=N–C) groups is 1. The van der Waals surface area contributed by atoms with Gasteiger partial charge in [0.05, 0.1) is 5.92 Å². The summed E-state index contributed by atoms with van der Waals surface area (Å²) in [5.41, 5.74) is 26.0. The predicted octanol–water partition coefficient (Wildman–Crippen LogP) is 1.30. The maximum Gasteiger partial charge on any atom is 0.490 e. The van der Waals surface area contributed by atoms with Crippen molar-refractivity contribution >= 4 is 35.5 Å². The van der Waals surface area contributed by atoms with Crippen LogP contribution in [-0.2, 0) is 38.6 Å². The maximum absolute atomic E-state index is 14.4. The van der Waals surface area contributed by atoms with Gasteiger partial charge in [0.2, 0.25) is 17.7 Å². The Labute approximate surface area is 285 Å². The van der Waals surface area contributed by atoms with Crippen LogP contribution in [0, 0.1) is 5.41 Å². The third-order valence-electron chi connectivity index (χ3n) is 7.77. The third-order valence-corrected chi connectivity index (χ3v) is 7.77. The fourth-order valence-electron chi connectivity index (χ4n) is 5.23. The van der Waals surface area contributed by atoms with E-state index in [9.17, 15) is 27.6 Å². The summed E-state index contributed by atoms with van der Waals surface area (Å²) in [6.07, 6.45) is -0.516. The van der Waals surface area contributed by atoms with Crippen LogP contribution in [0.5, 0.6) is 0 Å². The third kappa shape index (κ3) is 11.0. The molecule has 266 valence electrons. The van der Waals surface area contributed by atoms with Gasteiger partial charge in [-0.2, -0.15) is 13.2 Å². The lowest BCUT2D eigenvalue weighted by Crippen LogP contribution is -2.57. The normalized spacial score (nSPS) is 14.9. The summed E-state index contributed by atoms with van der Waals surface area (Å²) < 4.78 is 31.7. The van der Waals surface area contributed by atoms with Crippen LogP contribution in [-0.4, -0.2) is 75.3 Å². The lowest BCUT2D eigenvalue weighted by atomic mass is 9.87. The van der Waals surface area contributed by atoms with Crippen LogP contribution in [0.25, 0.3) is 0 Å². The standard InChI is InChI=1S/C31H37N9O3.C2HF3O2/c32-27(33)20-11-9-19(10-12-20)15-24(22-7-3-13-37-17-22)30(43)40-18-23-6-2-1-5-21(23)16-26(40)29(42)39-25(28(34)41)8-4-14-38-31(35)36;3-2(4,5)1(6)7/h1-3,5-7,9-13,17,24-26H,4,8,14-16,18H2,(H3,32,33)(H2,34,41)(H,39,42)(H4,35,36,38);(H,6,7)/t24?,25-,26-;/m0./s1. The number of halogens is 3. The SMILES string of the molecule is N=C(N)c1ccc(CC(C(=O)N2Cc3ccccc3C[C@H]2C(=O)N[C@@H](CCCN=C(N)N)C(N)=O)c2cccnc2)cc1.O=C(O)C(F)(F)F. The van der Waals surface area contributed by atoms with E-state index in [0.717, 1.165) is 16.7 Å². The molecule has 1 unspecified atom stereocenters. The van der Waals surface area contributed by atoms with Gasteiger partial charge >= 0.3 is 12.1 Å². The topological polar surface area (TPSA) is 257 Å². The number of rotatable bonds is 12. The van der Waals surface area contributed by atoms with Crippen LogP contribution in [0.3, 0.4) is 0 Å². The predicted molar refractivity (Wildman–Crippen MR) is 177 cm³/mol. The maximum atomic E-state index is 14.4. The molecular formula is C33H38F3N9O5. The molecule has 2 heterocycles. The van der Waals surface area contributed by atoms with Crippen molar-refractivity contribution in [1.29, 1.82) is 5.41 Å². The van der Waals surface area contributed by atoms with E-state index in [1.165, 1.54) is 0 Å². The molecule has 0 saturated heterocycles. The second kappa shape index (κ2) is 17.4. The molecule has 17 heteroatoms. The highest BCUT2D eigenvalue weighted by atomic mass is 19.4. The van der Waals surface area contributed by atoms with Gasteiger partial charge in [-0.05, 0) is 47.6 Å². The molecular weight excluding hydrogens is 659 g/mol. The number of aromatic nitrogens is 1. The quantitative estimate of drug-likeness (QED) is 0.0816. The number of nitrogen functional groups attached to an aromatic ring is 1. The van der Waals surface area contributed by atoms with Crippen molar-refractivity contribution in [2.75, 3.05) is 6.54 Å². The van der Waals surface area contributed by atoms with Crippen LogP contribution < -0.4 is 28.3 Å². The number of hydrogen-bond acceptors (Lipinski definition) is 7. The molecule has 50 heavy (non-hydrogen) atoms. The number of benzene rings is 2. The first kappa shape index (κ1) is 38.4. The largest absolute Gasteiger partial charge is 0.490 e. The molecule has 0 radical (unpaired) electrons. The molecule has 4 rings (SSSR count). The number of nitrogens with two attached hydrogens (primary N) is 4. The summed E-state index contributed by atoms with van der Waals surface area (Å²) >= 11 is 0. The van der Waals surface area contributed by atoms with Crippen molar-refractivity contribution in [3.05, 3.63) is 101 Å². The Hall–Kier alpha value is -6.00. The van der Waals surface area contributed by atoms with Crippen LogP contribution in [0.1, 0.15) is 46.6 Å². The molecule has 0 bridgehead atoms. The lowest BCUT2D eigenvalue weighted by molar-refractivity contribution is -0.192. The van der Waals surface area contributed by atoms with Crippen molar-refractivity contribution in [3.8, 4) is 0 Å². The van der Waals surface area contributed by atoms with Gasteiger partial charge in [0, 0.05) is 37.5 Å². The first-order chi connectivity index (χ1) is 23.6. The summed E-state index contributed by atoms with van der Waals surface area (Å²) in [5, 5.41) is 17.6. The van der Waals surface area contributed by atoms with Gasteiger partial charge < -0.3 is 38.3 Å². The number of pyridine rings is 1. The Morgan fingerprint density at radius 3 is 2.18 bits per heavy atom.